The van der Waals surface area contributed by atoms with Crippen molar-refractivity contribution in [2.45, 2.75) is 39.3 Å². The zero-order valence-electron chi connectivity index (χ0n) is 10.2. The summed E-state index contributed by atoms with van der Waals surface area (Å²) in [6.07, 6.45) is 4.40. The molecule has 0 aliphatic carbocycles. The van der Waals surface area contributed by atoms with Crippen LogP contribution in [-0.2, 0) is 6.54 Å². The van der Waals surface area contributed by atoms with Crippen LogP contribution in [0.4, 0.5) is 5.69 Å². The van der Waals surface area contributed by atoms with Crippen LogP contribution in [0, 0.1) is 5.92 Å². The highest BCUT2D eigenvalue weighted by molar-refractivity contribution is 5.34. The molecule has 2 unspecified atom stereocenters. The van der Waals surface area contributed by atoms with E-state index in [9.17, 15) is 0 Å². The van der Waals surface area contributed by atoms with E-state index in [0.717, 1.165) is 23.8 Å². The highest BCUT2D eigenvalue weighted by atomic mass is 15.2. The van der Waals surface area contributed by atoms with Crippen LogP contribution >= 0.6 is 0 Å². The third kappa shape index (κ3) is 2.53. The summed E-state index contributed by atoms with van der Waals surface area (Å²) < 4.78 is 0. The summed E-state index contributed by atoms with van der Waals surface area (Å²) in [5.74, 6) is 0.794. The monoisotopic (exact) mass is 219 g/mol. The molecule has 0 radical (unpaired) electrons. The molecule has 1 saturated heterocycles. The molecule has 2 N–H and O–H groups in total. The number of nitrogens with zero attached hydrogens (tertiary/aromatic N) is 2. The molecule has 0 bridgehead atoms. The number of likely N-dealkylation sites (tertiary alicyclic amines) is 1. The Morgan fingerprint density at radius 1 is 1.44 bits per heavy atom. The Kier molecular flexibility index (Phi) is 3.44. The Balaban J connectivity index is 2.00. The van der Waals surface area contributed by atoms with Gasteiger partial charge < -0.3 is 5.73 Å². The Morgan fingerprint density at radius 3 is 2.94 bits per heavy atom. The van der Waals surface area contributed by atoms with Crippen LogP contribution in [0.25, 0.3) is 0 Å². The molecule has 1 aromatic rings. The minimum atomic E-state index is 0.660. The minimum Gasteiger partial charge on any atom is -0.397 e. The van der Waals surface area contributed by atoms with Gasteiger partial charge in [0.1, 0.15) is 0 Å². The Morgan fingerprint density at radius 2 is 2.25 bits per heavy atom. The normalized spacial score (nSPS) is 26.9. The average Bonchev–Trinajstić information content (AvgIpc) is 2.28. The van der Waals surface area contributed by atoms with Crippen LogP contribution in [0.5, 0.6) is 0 Å². The zero-order chi connectivity index (χ0) is 11.5. The van der Waals surface area contributed by atoms with Crippen LogP contribution in [0.15, 0.2) is 18.3 Å². The van der Waals surface area contributed by atoms with E-state index in [4.69, 9.17) is 5.73 Å². The Bertz CT molecular complexity index is 334. The molecule has 1 aromatic heterocycles. The summed E-state index contributed by atoms with van der Waals surface area (Å²) in [6, 6.07) is 4.62. The van der Waals surface area contributed by atoms with E-state index in [1.807, 2.05) is 12.1 Å². The van der Waals surface area contributed by atoms with E-state index in [1.54, 1.807) is 6.20 Å². The SMILES string of the molecule is CC1CCCN(Cc2ccc(N)cn2)C1C. The highest BCUT2D eigenvalue weighted by Crippen LogP contribution is 2.24. The number of nitrogen functional groups attached to an aromatic ring is 1. The molecule has 2 atom stereocenters. The number of nitrogens with two attached hydrogens (primary N) is 1. The predicted molar refractivity (Wildman–Crippen MR) is 66.9 cm³/mol. The number of aromatic nitrogens is 1. The predicted octanol–water partition coefficient (Wildman–Crippen LogP) is 2.28. The topological polar surface area (TPSA) is 42.1 Å². The lowest BCUT2D eigenvalue weighted by molar-refractivity contribution is 0.105. The van der Waals surface area contributed by atoms with Gasteiger partial charge in [-0.25, -0.2) is 0 Å². The third-order valence-corrected chi connectivity index (χ3v) is 3.72. The molecule has 1 fully saturated rings. The molecule has 16 heavy (non-hydrogen) atoms. The number of pyridine rings is 1. The molecule has 1 aliphatic heterocycles. The van der Waals surface area contributed by atoms with Gasteiger partial charge in [0.25, 0.3) is 0 Å². The summed E-state index contributed by atoms with van der Waals surface area (Å²) in [6.45, 7) is 6.80. The first-order valence-corrected chi connectivity index (χ1v) is 6.11. The molecular weight excluding hydrogens is 198 g/mol. The number of rotatable bonds is 2. The minimum absolute atomic E-state index is 0.660. The van der Waals surface area contributed by atoms with Crippen molar-refractivity contribution >= 4 is 5.69 Å². The van der Waals surface area contributed by atoms with Gasteiger partial charge in [-0.3, -0.25) is 9.88 Å². The zero-order valence-corrected chi connectivity index (χ0v) is 10.2. The molecule has 1 aliphatic rings. The lowest BCUT2D eigenvalue weighted by Gasteiger charge is -2.37. The lowest BCUT2D eigenvalue weighted by Crippen LogP contribution is -2.41. The quantitative estimate of drug-likeness (QED) is 0.829. The second-order valence-corrected chi connectivity index (χ2v) is 4.91. The molecular formula is C13H21N3. The number of hydrogen-bond donors (Lipinski definition) is 1. The average molecular weight is 219 g/mol. The Labute approximate surface area is 97.7 Å². The van der Waals surface area contributed by atoms with Gasteiger partial charge in [-0.2, -0.15) is 0 Å². The number of piperidine rings is 1. The van der Waals surface area contributed by atoms with Crippen LogP contribution < -0.4 is 5.73 Å². The largest absolute Gasteiger partial charge is 0.397 e. The molecule has 3 nitrogen and oxygen atoms in total. The van der Waals surface area contributed by atoms with Crippen molar-refractivity contribution in [2.24, 2.45) is 5.92 Å². The first-order chi connectivity index (χ1) is 7.66. The maximum atomic E-state index is 5.63. The van der Waals surface area contributed by atoms with Gasteiger partial charge in [0, 0.05) is 12.6 Å². The summed E-state index contributed by atoms with van der Waals surface area (Å²) in [7, 11) is 0. The molecule has 88 valence electrons. The van der Waals surface area contributed by atoms with Crippen molar-refractivity contribution in [3.05, 3.63) is 24.0 Å². The smallest absolute Gasteiger partial charge is 0.0545 e. The number of anilines is 1. The van der Waals surface area contributed by atoms with E-state index in [-0.39, 0.29) is 0 Å². The first kappa shape index (κ1) is 11.4. The fraction of sp³-hybridized carbons (Fsp3) is 0.615. The lowest BCUT2D eigenvalue weighted by atomic mass is 9.92. The maximum Gasteiger partial charge on any atom is 0.0545 e. The van der Waals surface area contributed by atoms with Gasteiger partial charge >= 0.3 is 0 Å². The van der Waals surface area contributed by atoms with E-state index in [1.165, 1.54) is 19.4 Å². The van der Waals surface area contributed by atoms with Crippen molar-refractivity contribution in [3.8, 4) is 0 Å². The summed E-state index contributed by atoms with van der Waals surface area (Å²) >= 11 is 0. The van der Waals surface area contributed by atoms with Gasteiger partial charge in [-0.15, -0.1) is 0 Å². The molecule has 0 amide bonds. The van der Waals surface area contributed by atoms with Crippen LogP contribution in [0.1, 0.15) is 32.4 Å². The maximum absolute atomic E-state index is 5.63. The first-order valence-electron chi connectivity index (χ1n) is 6.11. The van der Waals surface area contributed by atoms with Crippen LogP contribution in [0.3, 0.4) is 0 Å². The van der Waals surface area contributed by atoms with Crippen molar-refractivity contribution in [1.29, 1.82) is 0 Å². The summed E-state index contributed by atoms with van der Waals surface area (Å²) in [4.78, 5) is 6.89. The van der Waals surface area contributed by atoms with Gasteiger partial charge in [0.15, 0.2) is 0 Å². The molecule has 0 spiro atoms. The molecule has 2 rings (SSSR count). The highest BCUT2D eigenvalue weighted by Gasteiger charge is 2.24. The molecule has 0 saturated carbocycles. The van der Waals surface area contributed by atoms with E-state index >= 15 is 0 Å². The fourth-order valence-electron chi connectivity index (χ4n) is 2.38. The van der Waals surface area contributed by atoms with Crippen LogP contribution in [-0.4, -0.2) is 22.5 Å². The second-order valence-electron chi connectivity index (χ2n) is 4.91. The molecule has 0 aromatic carbocycles. The molecule has 3 heteroatoms. The van der Waals surface area contributed by atoms with Crippen molar-refractivity contribution < 1.29 is 0 Å². The van der Waals surface area contributed by atoms with Crippen LogP contribution in [0.2, 0.25) is 0 Å². The third-order valence-electron chi connectivity index (χ3n) is 3.72. The number of hydrogen-bond acceptors (Lipinski definition) is 3. The molecule has 2 heterocycles. The summed E-state index contributed by atoms with van der Waals surface area (Å²) in [5.41, 5.74) is 7.49. The van der Waals surface area contributed by atoms with Crippen molar-refractivity contribution in [2.75, 3.05) is 12.3 Å². The van der Waals surface area contributed by atoms with Crippen molar-refractivity contribution in [1.82, 2.24) is 9.88 Å². The van der Waals surface area contributed by atoms with E-state index in [2.05, 4.69) is 23.7 Å². The van der Waals surface area contributed by atoms with Gasteiger partial charge in [-0.1, -0.05) is 6.92 Å². The standard InChI is InChI=1S/C13H21N3/c1-10-4-3-7-16(11(10)2)9-13-6-5-12(14)8-15-13/h5-6,8,10-11H,3-4,7,9,14H2,1-2H3. The van der Waals surface area contributed by atoms with Crippen molar-refractivity contribution in [3.63, 3.8) is 0 Å². The van der Waals surface area contributed by atoms with Gasteiger partial charge in [-0.05, 0) is 44.4 Å². The van der Waals surface area contributed by atoms with E-state index in [0.29, 0.717) is 6.04 Å². The Hall–Kier alpha value is -1.09. The second kappa shape index (κ2) is 4.83. The van der Waals surface area contributed by atoms with Gasteiger partial charge in [0.05, 0.1) is 17.6 Å². The fourth-order valence-corrected chi connectivity index (χ4v) is 2.38. The van der Waals surface area contributed by atoms with E-state index < -0.39 is 0 Å². The van der Waals surface area contributed by atoms with Gasteiger partial charge in [0.2, 0.25) is 0 Å². The summed E-state index contributed by atoms with van der Waals surface area (Å²) in [5, 5.41) is 0.